The second-order valence-electron chi connectivity index (χ2n) is 7.34. The van der Waals surface area contributed by atoms with Crippen molar-refractivity contribution < 1.29 is 27.5 Å². The summed E-state index contributed by atoms with van der Waals surface area (Å²) in [6.07, 6.45) is 3.02. The molecule has 0 radical (unpaired) electrons. The highest BCUT2D eigenvalue weighted by atomic mass is 19.2. The van der Waals surface area contributed by atoms with Crippen molar-refractivity contribution in [2.24, 2.45) is 0 Å². The van der Waals surface area contributed by atoms with Gasteiger partial charge in [0.25, 0.3) is 0 Å². The lowest BCUT2D eigenvalue weighted by Crippen LogP contribution is -2.09. The van der Waals surface area contributed by atoms with Crippen LogP contribution in [0.2, 0.25) is 0 Å². The van der Waals surface area contributed by atoms with Gasteiger partial charge < -0.3 is 19.2 Å². The Bertz CT molecular complexity index is 1370. The molecule has 5 nitrogen and oxygen atoms in total. The molecule has 0 saturated carbocycles. The second-order valence-corrected chi connectivity index (χ2v) is 7.34. The summed E-state index contributed by atoms with van der Waals surface area (Å²) in [4.78, 5) is 12.5. The Hall–Kier alpha value is -4.13. The number of allylic oxidation sites excluding steroid dienone is 1. The fourth-order valence-electron chi connectivity index (χ4n) is 3.63. The highest BCUT2D eigenvalue weighted by molar-refractivity contribution is 6.05. The first-order chi connectivity index (χ1) is 15.9. The van der Waals surface area contributed by atoms with Crippen LogP contribution in [0.4, 0.5) is 14.5 Å². The smallest absolute Gasteiger partial charge is 0.248 e. The monoisotopic (exact) mass is 449 g/mol. The van der Waals surface area contributed by atoms with Gasteiger partial charge in [0.2, 0.25) is 5.91 Å². The lowest BCUT2D eigenvalue weighted by molar-refractivity contribution is -0.111. The van der Waals surface area contributed by atoms with E-state index in [0.29, 0.717) is 28.2 Å². The number of para-hydroxylation sites is 1. The van der Waals surface area contributed by atoms with Crippen LogP contribution < -0.4 is 14.8 Å². The molecule has 0 bridgehead atoms. The van der Waals surface area contributed by atoms with E-state index in [1.165, 1.54) is 19.3 Å². The Morgan fingerprint density at radius 3 is 2.42 bits per heavy atom. The average molecular weight is 449 g/mol. The van der Waals surface area contributed by atoms with Gasteiger partial charge >= 0.3 is 0 Å². The standard InChI is InChI=1S/C26H21F2NO4/c1-15(10-26(30)29-16-8-9-21(27)22(28)11-16)18-12-19-20(14-33-25(19)13-24(18)32-3)17-6-4-5-7-23(17)31-2/h4-14H,1-3H3,(H,29,30)/b15-10+. The maximum absolute atomic E-state index is 13.4. The van der Waals surface area contributed by atoms with E-state index in [9.17, 15) is 13.6 Å². The summed E-state index contributed by atoms with van der Waals surface area (Å²) >= 11 is 0. The van der Waals surface area contributed by atoms with E-state index in [1.54, 1.807) is 26.4 Å². The summed E-state index contributed by atoms with van der Waals surface area (Å²) in [5, 5.41) is 3.36. The molecule has 0 atom stereocenters. The molecule has 1 amide bonds. The lowest BCUT2D eigenvalue weighted by Gasteiger charge is -2.11. The van der Waals surface area contributed by atoms with E-state index in [2.05, 4.69) is 5.32 Å². The third-order valence-electron chi connectivity index (χ3n) is 5.25. The number of methoxy groups -OCH3 is 2. The van der Waals surface area contributed by atoms with E-state index in [1.807, 2.05) is 30.3 Å². The van der Waals surface area contributed by atoms with Gasteiger partial charge in [-0.3, -0.25) is 4.79 Å². The van der Waals surface area contributed by atoms with Crippen LogP contribution in [0.5, 0.6) is 11.5 Å². The van der Waals surface area contributed by atoms with E-state index in [0.717, 1.165) is 28.6 Å². The normalized spacial score (nSPS) is 11.5. The number of ether oxygens (including phenoxy) is 2. The van der Waals surface area contributed by atoms with Crippen LogP contribution in [-0.4, -0.2) is 20.1 Å². The first-order valence-corrected chi connectivity index (χ1v) is 10.1. The summed E-state index contributed by atoms with van der Waals surface area (Å²) in [5.41, 5.74) is 3.77. The topological polar surface area (TPSA) is 60.7 Å². The maximum atomic E-state index is 13.4. The molecule has 0 aliphatic rings. The highest BCUT2D eigenvalue weighted by Crippen LogP contribution is 2.40. The molecule has 0 fully saturated rings. The minimum absolute atomic E-state index is 0.152. The molecule has 1 aromatic heterocycles. The van der Waals surface area contributed by atoms with Crippen molar-refractivity contribution in [3.05, 3.63) is 84.1 Å². The lowest BCUT2D eigenvalue weighted by atomic mass is 9.98. The van der Waals surface area contributed by atoms with Gasteiger partial charge in [-0.1, -0.05) is 18.2 Å². The zero-order valence-electron chi connectivity index (χ0n) is 18.2. The van der Waals surface area contributed by atoms with E-state index in [4.69, 9.17) is 13.9 Å². The fraction of sp³-hybridized carbons (Fsp3) is 0.115. The Morgan fingerprint density at radius 2 is 1.70 bits per heavy atom. The van der Waals surface area contributed by atoms with Gasteiger partial charge in [0.15, 0.2) is 11.6 Å². The van der Waals surface area contributed by atoms with Gasteiger partial charge in [0.05, 0.1) is 20.5 Å². The van der Waals surface area contributed by atoms with Gasteiger partial charge in [-0.15, -0.1) is 0 Å². The van der Waals surface area contributed by atoms with Crippen LogP contribution in [0.1, 0.15) is 12.5 Å². The third kappa shape index (κ3) is 4.43. The quantitative estimate of drug-likeness (QED) is 0.344. The van der Waals surface area contributed by atoms with Crippen molar-refractivity contribution >= 4 is 28.1 Å². The number of carbonyl (C=O) groups excluding carboxylic acids is 1. The van der Waals surface area contributed by atoms with E-state index >= 15 is 0 Å². The largest absolute Gasteiger partial charge is 0.496 e. The SMILES string of the molecule is COc1cc2occ(-c3ccccc3OC)c2cc1/C(C)=C/C(=O)Nc1ccc(F)c(F)c1. The summed E-state index contributed by atoms with van der Waals surface area (Å²) in [6, 6.07) is 14.4. The van der Waals surface area contributed by atoms with Crippen molar-refractivity contribution in [1.29, 1.82) is 0 Å². The van der Waals surface area contributed by atoms with Crippen LogP contribution in [0.3, 0.4) is 0 Å². The number of amides is 1. The molecule has 0 aliphatic carbocycles. The second kappa shape index (κ2) is 9.16. The Balaban J connectivity index is 1.72. The van der Waals surface area contributed by atoms with Gasteiger partial charge in [0, 0.05) is 46.0 Å². The number of furan rings is 1. The van der Waals surface area contributed by atoms with Gasteiger partial charge in [-0.25, -0.2) is 8.78 Å². The third-order valence-corrected chi connectivity index (χ3v) is 5.25. The van der Waals surface area contributed by atoms with Crippen LogP contribution in [0.15, 0.2) is 71.4 Å². The molecule has 7 heteroatoms. The van der Waals surface area contributed by atoms with Gasteiger partial charge in [0.1, 0.15) is 17.1 Å². The molecule has 0 unspecified atom stereocenters. The molecule has 168 valence electrons. The van der Waals surface area contributed by atoms with Crippen molar-refractivity contribution in [2.45, 2.75) is 6.92 Å². The van der Waals surface area contributed by atoms with Gasteiger partial charge in [-0.05, 0) is 36.8 Å². The number of benzene rings is 3. The number of hydrogen-bond acceptors (Lipinski definition) is 4. The van der Waals surface area contributed by atoms with E-state index in [-0.39, 0.29) is 5.69 Å². The predicted octanol–water partition coefficient (Wildman–Crippen LogP) is 6.44. The summed E-state index contributed by atoms with van der Waals surface area (Å²) in [6.45, 7) is 1.76. The highest BCUT2D eigenvalue weighted by Gasteiger charge is 2.17. The molecular weight excluding hydrogens is 428 g/mol. The molecule has 0 saturated heterocycles. The molecule has 4 aromatic rings. The molecule has 0 aliphatic heterocycles. The Labute approximate surface area is 189 Å². The molecule has 1 heterocycles. The first-order valence-electron chi connectivity index (χ1n) is 10.1. The number of fused-ring (bicyclic) bond motifs is 1. The molecule has 3 aromatic carbocycles. The minimum Gasteiger partial charge on any atom is -0.496 e. The zero-order chi connectivity index (χ0) is 23.5. The number of rotatable bonds is 6. The fourth-order valence-corrected chi connectivity index (χ4v) is 3.63. The molecule has 33 heavy (non-hydrogen) atoms. The van der Waals surface area contributed by atoms with Crippen LogP contribution in [-0.2, 0) is 4.79 Å². The minimum atomic E-state index is -1.04. The zero-order valence-corrected chi connectivity index (χ0v) is 18.2. The summed E-state index contributed by atoms with van der Waals surface area (Å²) in [5.74, 6) is -1.28. The molecule has 1 N–H and O–H groups in total. The van der Waals surface area contributed by atoms with Crippen LogP contribution in [0, 0.1) is 11.6 Å². The van der Waals surface area contributed by atoms with E-state index < -0.39 is 17.5 Å². The predicted molar refractivity (Wildman–Crippen MR) is 123 cm³/mol. The maximum Gasteiger partial charge on any atom is 0.248 e. The Morgan fingerprint density at radius 1 is 0.939 bits per heavy atom. The van der Waals surface area contributed by atoms with Crippen molar-refractivity contribution in [3.63, 3.8) is 0 Å². The van der Waals surface area contributed by atoms with Crippen molar-refractivity contribution in [3.8, 4) is 22.6 Å². The number of nitrogens with one attached hydrogen (secondary N) is 1. The number of halogens is 2. The van der Waals surface area contributed by atoms with Crippen LogP contribution in [0.25, 0.3) is 27.7 Å². The summed E-state index contributed by atoms with van der Waals surface area (Å²) < 4.78 is 43.3. The first kappa shape index (κ1) is 22.1. The molecule has 4 rings (SSSR count). The summed E-state index contributed by atoms with van der Waals surface area (Å²) in [7, 11) is 3.14. The van der Waals surface area contributed by atoms with Crippen molar-refractivity contribution in [1.82, 2.24) is 0 Å². The number of carbonyl (C=O) groups is 1. The molecular formula is C26H21F2NO4. The Kier molecular flexibility index (Phi) is 6.13. The molecule has 0 spiro atoms. The van der Waals surface area contributed by atoms with Crippen LogP contribution >= 0.6 is 0 Å². The van der Waals surface area contributed by atoms with Gasteiger partial charge in [-0.2, -0.15) is 0 Å². The number of hydrogen-bond donors (Lipinski definition) is 1. The van der Waals surface area contributed by atoms with Crippen molar-refractivity contribution in [2.75, 3.05) is 19.5 Å². The average Bonchev–Trinajstić information content (AvgIpc) is 3.23. The number of anilines is 1.